The highest BCUT2D eigenvalue weighted by Gasteiger charge is 2.18. The van der Waals surface area contributed by atoms with E-state index in [1.165, 1.54) is 28.8 Å². The minimum absolute atomic E-state index is 0.101. The molecule has 0 saturated heterocycles. The van der Waals surface area contributed by atoms with Crippen LogP contribution in [-0.2, 0) is 11.3 Å². The molecule has 1 amide bonds. The van der Waals surface area contributed by atoms with Crippen molar-refractivity contribution in [2.75, 3.05) is 4.90 Å². The van der Waals surface area contributed by atoms with E-state index in [1.807, 2.05) is 12.1 Å². The van der Waals surface area contributed by atoms with E-state index < -0.39 is 5.82 Å². The molecule has 162 valence electrons. The Morgan fingerprint density at radius 3 is 2.34 bits per heavy atom. The fourth-order valence-corrected chi connectivity index (χ4v) is 3.89. The van der Waals surface area contributed by atoms with Gasteiger partial charge in [0, 0.05) is 17.7 Å². The Morgan fingerprint density at radius 2 is 1.72 bits per heavy atom. The summed E-state index contributed by atoms with van der Waals surface area (Å²) in [7, 11) is 0. The van der Waals surface area contributed by atoms with E-state index in [1.54, 1.807) is 17.9 Å². The summed E-state index contributed by atoms with van der Waals surface area (Å²) in [5.74, 6) is -0.225. The molecule has 0 bridgehead atoms. The number of nitrogens with zero attached hydrogens (tertiary/aromatic N) is 4. The molecule has 0 aliphatic rings. The Labute approximate surface area is 186 Å². The number of aryl methyl sites for hydroxylation is 2. The van der Waals surface area contributed by atoms with Gasteiger partial charge in [0.1, 0.15) is 5.82 Å². The molecular formula is C25H24FN5O. The molecule has 0 radical (unpaired) electrons. The molecule has 1 aromatic heterocycles. The first-order valence-electron chi connectivity index (χ1n) is 10.5. The zero-order chi connectivity index (χ0) is 22.7. The molecule has 1 heterocycles. The minimum Gasteiger partial charge on any atom is -0.308 e. The van der Waals surface area contributed by atoms with Crippen LogP contribution in [0.15, 0.2) is 60.7 Å². The normalized spacial score (nSPS) is 10.9. The van der Waals surface area contributed by atoms with Crippen molar-refractivity contribution in [2.45, 2.75) is 33.7 Å². The number of anilines is 1. The smallest absolute Gasteiger partial charge is 0.227 e. The van der Waals surface area contributed by atoms with Gasteiger partial charge in [0.2, 0.25) is 5.91 Å². The van der Waals surface area contributed by atoms with Crippen molar-refractivity contribution in [3.05, 3.63) is 83.2 Å². The number of H-pyrrole nitrogens is 1. The van der Waals surface area contributed by atoms with Gasteiger partial charge in [-0.05, 0) is 70.3 Å². The van der Waals surface area contributed by atoms with Crippen molar-refractivity contribution in [3.8, 4) is 22.5 Å². The molecule has 4 rings (SSSR count). The molecule has 0 aliphatic carbocycles. The molecule has 0 fully saturated rings. The number of nitrogens with one attached hydrogen (secondary N) is 1. The second kappa shape index (κ2) is 9.09. The summed E-state index contributed by atoms with van der Waals surface area (Å²) in [5, 5.41) is 13.6. The number of carbonyl (C=O) groups is 1. The van der Waals surface area contributed by atoms with Crippen LogP contribution in [0.5, 0.6) is 0 Å². The van der Waals surface area contributed by atoms with E-state index in [-0.39, 0.29) is 5.91 Å². The number of benzene rings is 3. The van der Waals surface area contributed by atoms with Crippen molar-refractivity contribution in [1.29, 1.82) is 0 Å². The van der Waals surface area contributed by atoms with Gasteiger partial charge in [0.25, 0.3) is 0 Å². The van der Waals surface area contributed by atoms with Crippen molar-refractivity contribution in [1.82, 2.24) is 20.6 Å². The Morgan fingerprint density at radius 1 is 1.00 bits per heavy atom. The van der Waals surface area contributed by atoms with E-state index in [0.29, 0.717) is 30.0 Å². The Bertz CT molecular complexity index is 1220. The van der Waals surface area contributed by atoms with Crippen molar-refractivity contribution in [2.24, 2.45) is 0 Å². The first-order chi connectivity index (χ1) is 15.5. The highest BCUT2D eigenvalue weighted by molar-refractivity contribution is 5.93. The molecule has 32 heavy (non-hydrogen) atoms. The van der Waals surface area contributed by atoms with Crippen LogP contribution in [0.3, 0.4) is 0 Å². The zero-order valence-corrected chi connectivity index (χ0v) is 18.3. The van der Waals surface area contributed by atoms with Crippen molar-refractivity contribution in [3.63, 3.8) is 0 Å². The van der Waals surface area contributed by atoms with Gasteiger partial charge in [-0.1, -0.05) is 49.4 Å². The summed E-state index contributed by atoms with van der Waals surface area (Å²) < 4.78 is 14.4. The van der Waals surface area contributed by atoms with Crippen LogP contribution < -0.4 is 4.90 Å². The highest BCUT2D eigenvalue weighted by atomic mass is 19.1. The monoisotopic (exact) mass is 429 g/mol. The predicted molar refractivity (Wildman–Crippen MR) is 122 cm³/mol. The lowest BCUT2D eigenvalue weighted by Gasteiger charge is -2.23. The number of rotatable bonds is 6. The zero-order valence-electron chi connectivity index (χ0n) is 18.3. The third-order valence-corrected chi connectivity index (χ3v) is 5.48. The highest BCUT2D eigenvalue weighted by Crippen LogP contribution is 2.29. The average molecular weight is 429 g/mol. The number of tetrazole rings is 1. The van der Waals surface area contributed by atoms with Crippen molar-refractivity contribution >= 4 is 11.6 Å². The van der Waals surface area contributed by atoms with Crippen LogP contribution in [0.4, 0.5) is 10.1 Å². The quantitative estimate of drug-likeness (QED) is 0.455. The molecular weight excluding hydrogens is 405 g/mol. The number of carbonyl (C=O) groups excluding carboxylic acids is 1. The number of hydrogen-bond acceptors (Lipinski definition) is 4. The topological polar surface area (TPSA) is 74.8 Å². The van der Waals surface area contributed by atoms with Crippen LogP contribution in [0.25, 0.3) is 22.5 Å². The number of hydrogen-bond donors (Lipinski definition) is 1. The van der Waals surface area contributed by atoms with E-state index in [9.17, 15) is 9.18 Å². The Kier molecular flexibility index (Phi) is 6.07. The fourth-order valence-electron chi connectivity index (χ4n) is 3.89. The first kappa shape index (κ1) is 21.4. The third-order valence-electron chi connectivity index (χ3n) is 5.48. The summed E-state index contributed by atoms with van der Waals surface area (Å²) in [5.41, 5.74) is 6.67. The van der Waals surface area contributed by atoms with Crippen molar-refractivity contribution < 1.29 is 9.18 Å². The van der Waals surface area contributed by atoms with Crippen LogP contribution >= 0.6 is 0 Å². The molecule has 1 N–H and O–H groups in total. The van der Waals surface area contributed by atoms with Gasteiger partial charge in [-0.3, -0.25) is 4.79 Å². The third kappa shape index (κ3) is 4.42. The number of amides is 1. The van der Waals surface area contributed by atoms with E-state index >= 15 is 0 Å². The molecule has 0 spiro atoms. The lowest BCUT2D eigenvalue weighted by molar-refractivity contribution is -0.118. The fraction of sp³-hybridized carbons (Fsp3) is 0.200. The van der Waals surface area contributed by atoms with E-state index in [0.717, 1.165) is 11.1 Å². The summed E-state index contributed by atoms with van der Waals surface area (Å²) >= 11 is 0. The Hall–Kier alpha value is -3.87. The molecule has 0 atom stereocenters. The molecule has 0 aliphatic heterocycles. The summed E-state index contributed by atoms with van der Waals surface area (Å²) in [6.45, 7) is 6.32. The van der Waals surface area contributed by atoms with Gasteiger partial charge in [-0.15, -0.1) is 5.10 Å². The van der Waals surface area contributed by atoms with Gasteiger partial charge in [0.05, 0.1) is 6.54 Å². The summed E-state index contributed by atoms with van der Waals surface area (Å²) in [6, 6.07) is 18.8. The summed E-state index contributed by atoms with van der Waals surface area (Å²) in [6.07, 6.45) is 0.302. The molecule has 0 unspecified atom stereocenters. The maximum atomic E-state index is 14.4. The predicted octanol–water partition coefficient (Wildman–Crippen LogP) is 5.23. The summed E-state index contributed by atoms with van der Waals surface area (Å²) in [4.78, 5) is 14.3. The molecule has 3 aromatic carbocycles. The minimum atomic E-state index is -0.465. The number of aromatic amines is 1. The lowest BCUT2D eigenvalue weighted by Crippen LogP contribution is -2.29. The van der Waals surface area contributed by atoms with Gasteiger partial charge in [-0.2, -0.15) is 0 Å². The second-order valence-corrected chi connectivity index (χ2v) is 7.75. The first-order valence-corrected chi connectivity index (χ1v) is 10.5. The second-order valence-electron chi connectivity index (χ2n) is 7.75. The maximum absolute atomic E-state index is 14.4. The number of halogens is 1. The average Bonchev–Trinajstić information content (AvgIpc) is 3.32. The standard InChI is InChI=1S/C25H24FN5O/c1-4-23(32)31(22-13-20(12-21(26)14-22)25-27-29-30-28-25)15-18-8-10-19(11-9-18)24-16(2)6-5-7-17(24)3/h5-14H,4,15H2,1-3H3,(H,27,28,29,30). The maximum Gasteiger partial charge on any atom is 0.227 e. The van der Waals surface area contributed by atoms with Crippen LogP contribution in [0, 0.1) is 19.7 Å². The Balaban J connectivity index is 1.65. The molecule has 7 heteroatoms. The number of aromatic nitrogens is 4. The van der Waals surface area contributed by atoms with Gasteiger partial charge < -0.3 is 4.90 Å². The van der Waals surface area contributed by atoms with Crippen LogP contribution in [-0.4, -0.2) is 26.5 Å². The van der Waals surface area contributed by atoms with Crippen LogP contribution in [0.2, 0.25) is 0 Å². The molecule has 0 saturated carbocycles. The van der Waals surface area contributed by atoms with Gasteiger partial charge in [0.15, 0.2) is 5.82 Å². The van der Waals surface area contributed by atoms with E-state index in [2.05, 4.69) is 64.8 Å². The molecule has 6 nitrogen and oxygen atoms in total. The largest absolute Gasteiger partial charge is 0.308 e. The van der Waals surface area contributed by atoms with Gasteiger partial charge >= 0.3 is 0 Å². The van der Waals surface area contributed by atoms with Gasteiger partial charge in [-0.25, -0.2) is 9.49 Å². The molecule has 4 aromatic rings. The van der Waals surface area contributed by atoms with Crippen LogP contribution in [0.1, 0.15) is 30.0 Å². The van der Waals surface area contributed by atoms with E-state index in [4.69, 9.17) is 0 Å². The SMILES string of the molecule is CCC(=O)N(Cc1ccc(-c2c(C)cccc2C)cc1)c1cc(F)cc(-c2nnn[nH]2)c1. The lowest BCUT2D eigenvalue weighted by atomic mass is 9.95.